The van der Waals surface area contributed by atoms with E-state index < -0.39 is 5.60 Å². The van der Waals surface area contributed by atoms with E-state index in [4.69, 9.17) is 9.47 Å². The lowest BCUT2D eigenvalue weighted by Gasteiger charge is -2.34. The topological polar surface area (TPSA) is 67.9 Å². The van der Waals surface area contributed by atoms with Crippen molar-refractivity contribution in [3.63, 3.8) is 0 Å². The summed E-state index contributed by atoms with van der Waals surface area (Å²) in [5.41, 5.74) is 1.40. The number of fused-ring (bicyclic) bond motifs is 1. The number of nitrogens with one attached hydrogen (secondary N) is 1. The molecule has 1 saturated heterocycles. The molecule has 3 rings (SSSR count). The number of ether oxygens (including phenoxy) is 2. The Morgan fingerprint density at radius 2 is 2.20 bits per heavy atom. The fraction of sp³-hybridized carbons (Fsp3) is 0.579. The second kappa shape index (κ2) is 6.94. The summed E-state index contributed by atoms with van der Waals surface area (Å²) in [4.78, 5) is 25.6. The van der Waals surface area contributed by atoms with E-state index in [2.05, 4.69) is 5.32 Å². The summed E-state index contributed by atoms with van der Waals surface area (Å²) in [6.45, 7) is 7.18. The first-order chi connectivity index (χ1) is 11.8. The first-order valence-corrected chi connectivity index (χ1v) is 8.84. The molecule has 0 aromatic heterocycles. The molecule has 6 nitrogen and oxygen atoms in total. The van der Waals surface area contributed by atoms with Gasteiger partial charge in [-0.3, -0.25) is 4.79 Å². The van der Waals surface area contributed by atoms with Crippen molar-refractivity contribution in [1.82, 2.24) is 4.90 Å². The first kappa shape index (κ1) is 17.6. The zero-order chi connectivity index (χ0) is 18.0. The highest BCUT2D eigenvalue weighted by Gasteiger charge is 2.28. The minimum Gasteiger partial charge on any atom is -0.482 e. The van der Waals surface area contributed by atoms with E-state index in [0.29, 0.717) is 18.2 Å². The predicted molar refractivity (Wildman–Crippen MR) is 94.8 cm³/mol. The molecule has 2 aliphatic heterocycles. The Hall–Kier alpha value is -2.24. The minimum absolute atomic E-state index is 0.0693. The number of piperidine rings is 1. The average molecular weight is 346 g/mol. The van der Waals surface area contributed by atoms with Gasteiger partial charge in [0.15, 0.2) is 6.61 Å². The summed E-state index contributed by atoms with van der Waals surface area (Å²) < 4.78 is 10.9. The summed E-state index contributed by atoms with van der Waals surface area (Å²) in [6, 6.07) is 5.90. The molecule has 1 fully saturated rings. The van der Waals surface area contributed by atoms with E-state index in [1.165, 1.54) is 0 Å². The number of carbonyl (C=O) groups excluding carboxylic acids is 2. The van der Waals surface area contributed by atoms with Crippen molar-refractivity contribution in [2.24, 2.45) is 5.92 Å². The van der Waals surface area contributed by atoms with Crippen LogP contribution in [0, 0.1) is 5.92 Å². The van der Waals surface area contributed by atoms with Crippen LogP contribution in [0.3, 0.4) is 0 Å². The van der Waals surface area contributed by atoms with Crippen molar-refractivity contribution in [2.75, 3.05) is 25.0 Å². The molecule has 6 heteroatoms. The molecular formula is C19H26N2O4. The van der Waals surface area contributed by atoms with Gasteiger partial charge in [0.2, 0.25) is 0 Å². The molecule has 0 spiro atoms. The zero-order valence-corrected chi connectivity index (χ0v) is 15.1. The monoisotopic (exact) mass is 346 g/mol. The lowest BCUT2D eigenvalue weighted by atomic mass is 9.91. The third-order valence-corrected chi connectivity index (χ3v) is 4.37. The van der Waals surface area contributed by atoms with Crippen molar-refractivity contribution >= 4 is 17.7 Å². The standard InChI is InChI=1S/C19H26N2O4/c1-19(2,3)25-18(23)21-8-4-5-14(11-21)9-13-6-7-16-15(10-13)20-17(22)12-24-16/h6-7,10,14H,4-5,8-9,11-12H2,1-3H3,(H,20,22). The lowest BCUT2D eigenvalue weighted by Crippen LogP contribution is -2.43. The van der Waals surface area contributed by atoms with Crippen LogP contribution in [0.15, 0.2) is 18.2 Å². The van der Waals surface area contributed by atoms with E-state index >= 15 is 0 Å². The van der Waals surface area contributed by atoms with Gasteiger partial charge in [-0.15, -0.1) is 0 Å². The smallest absolute Gasteiger partial charge is 0.410 e. The van der Waals surface area contributed by atoms with Crippen molar-refractivity contribution in [2.45, 2.75) is 45.6 Å². The molecule has 1 atom stereocenters. The summed E-state index contributed by atoms with van der Waals surface area (Å²) in [6.07, 6.45) is 2.69. The van der Waals surface area contributed by atoms with Crippen LogP contribution >= 0.6 is 0 Å². The van der Waals surface area contributed by atoms with Gasteiger partial charge in [0.1, 0.15) is 11.4 Å². The second-order valence-corrected chi connectivity index (χ2v) is 7.81. The van der Waals surface area contributed by atoms with E-state index in [9.17, 15) is 9.59 Å². The van der Waals surface area contributed by atoms with Crippen molar-refractivity contribution < 1.29 is 19.1 Å². The van der Waals surface area contributed by atoms with Gasteiger partial charge in [-0.25, -0.2) is 4.79 Å². The molecule has 1 aromatic carbocycles. The van der Waals surface area contributed by atoms with E-state index in [-0.39, 0.29) is 18.6 Å². The Labute approximate surface area is 148 Å². The van der Waals surface area contributed by atoms with Crippen LogP contribution < -0.4 is 10.1 Å². The number of hydrogen-bond donors (Lipinski definition) is 1. The lowest BCUT2D eigenvalue weighted by molar-refractivity contribution is -0.118. The maximum atomic E-state index is 12.3. The molecule has 1 aromatic rings. The van der Waals surface area contributed by atoms with E-state index in [1.807, 2.05) is 43.9 Å². The highest BCUT2D eigenvalue weighted by Crippen LogP contribution is 2.30. The third kappa shape index (κ3) is 4.65. The molecule has 25 heavy (non-hydrogen) atoms. The minimum atomic E-state index is -0.472. The molecule has 1 N–H and O–H groups in total. The van der Waals surface area contributed by atoms with Gasteiger partial charge in [0.25, 0.3) is 5.91 Å². The number of nitrogens with zero attached hydrogens (tertiary/aromatic N) is 1. The molecule has 2 aliphatic rings. The Bertz CT molecular complexity index is 666. The fourth-order valence-corrected chi connectivity index (χ4v) is 3.31. The first-order valence-electron chi connectivity index (χ1n) is 8.84. The molecule has 2 heterocycles. The van der Waals surface area contributed by atoms with Gasteiger partial charge in [0.05, 0.1) is 5.69 Å². The molecule has 0 saturated carbocycles. The SMILES string of the molecule is CC(C)(C)OC(=O)N1CCCC(Cc2ccc3c(c2)NC(=O)CO3)C1. The van der Waals surface area contributed by atoms with Crippen LogP contribution in [-0.2, 0) is 16.0 Å². The van der Waals surface area contributed by atoms with Crippen molar-refractivity contribution in [3.8, 4) is 5.75 Å². The molecule has 0 bridgehead atoms. The van der Waals surface area contributed by atoms with Gasteiger partial charge < -0.3 is 19.7 Å². The molecule has 0 radical (unpaired) electrons. The zero-order valence-electron chi connectivity index (χ0n) is 15.1. The number of benzene rings is 1. The average Bonchev–Trinajstić information content (AvgIpc) is 2.53. The Kier molecular flexibility index (Phi) is 4.88. The summed E-state index contributed by atoms with van der Waals surface area (Å²) in [5.74, 6) is 0.973. The number of carbonyl (C=O) groups is 2. The molecule has 2 amide bonds. The molecule has 136 valence electrons. The molecule has 0 aliphatic carbocycles. The normalized spacial score (nSPS) is 20.4. The van der Waals surface area contributed by atoms with Crippen LogP contribution in [0.2, 0.25) is 0 Å². The van der Waals surface area contributed by atoms with Crippen LogP contribution in [0.25, 0.3) is 0 Å². The van der Waals surface area contributed by atoms with E-state index in [1.54, 1.807) is 0 Å². The van der Waals surface area contributed by atoms with Crippen LogP contribution in [-0.4, -0.2) is 42.2 Å². The highest BCUT2D eigenvalue weighted by atomic mass is 16.6. The summed E-state index contributed by atoms with van der Waals surface area (Å²) in [7, 11) is 0. The van der Waals surface area contributed by atoms with Gasteiger partial charge in [-0.1, -0.05) is 6.07 Å². The van der Waals surface area contributed by atoms with Gasteiger partial charge in [-0.2, -0.15) is 0 Å². The summed E-state index contributed by atoms with van der Waals surface area (Å²) >= 11 is 0. The number of anilines is 1. The third-order valence-electron chi connectivity index (χ3n) is 4.37. The Morgan fingerprint density at radius 3 is 2.96 bits per heavy atom. The maximum Gasteiger partial charge on any atom is 0.410 e. The quantitative estimate of drug-likeness (QED) is 0.893. The van der Waals surface area contributed by atoms with E-state index in [0.717, 1.165) is 37.1 Å². The molecule has 1 unspecified atom stereocenters. The Morgan fingerprint density at radius 1 is 1.40 bits per heavy atom. The fourth-order valence-electron chi connectivity index (χ4n) is 3.31. The van der Waals surface area contributed by atoms with Gasteiger partial charge in [-0.05, 0) is 63.6 Å². The van der Waals surface area contributed by atoms with Crippen LogP contribution in [0.5, 0.6) is 5.75 Å². The summed E-state index contributed by atoms with van der Waals surface area (Å²) in [5, 5.41) is 2.84. The number of likely N-dealkylation sites (tertiary alicyclic amines) is 1. The van der Waals surface area contributed by atoms with Crippen molar-refractivity contribution in [1.29, 1.82) is 0 Å². The number of amides is 2. The largest absolute Gasteiger partial charge is 0.482 e. The van der Waals surface area contributed by atoms with Crippen LogP contribution in [0.4, 0.5) is 10.5 Å². The highest BCUT2D eigenvalue weighted by molar-refractivity contribution is 5.95. The number of hydrogen-bond acceptors (Lipinski definition) is 4. The number of rotatable bonds is 2. The second-order valence-electron chi connectivity index (χ2n) is 7.81. The maximum absolute atomic E-state index is 12.3. The van der Waals surface area contributed by atoms with Gasteiger partial charge >= 0.3 is 6.09 Å². The molecular weight excluding hydrogens is 320 g/mol. The van der Waals surface area contributed by atoms with Crippen LogP contribution in [0.1, 0.15) is 39.2 Å². The van der Waals surface area contributed by atoms with Crippen molar-refractivity contribution in [3.05, 3.63) is 23.8 Å². The Balaban J connectivity index is 1.62. The van der Waals surface area contributed by atoms with Gasteiger partial charge in [0, 0.05) is 13.1 Å². The predicted octanol–water partition coefficient (Wildman–Crippen LogP) is 3.21.